The molecule has 1 atom stereocenters. The molecule has 0 aliphatic rings. The van der Waals surface area contributed by atoms with Crippen molar-refractivity contribution in [1.29, 1.82) is 0 Å². The van der Waals surface area contributed by atoms with Crippen molar-refractivity contribution in [1.82, 2.24) is 20.1 Å². The topological polar surface area (TPSA) is 59.8 Å². The Kier molecular flexibility index (Phi) is 4.76. The molecule has 0 saturated heterocycles. The fraction of sp³-hybridized carbons (Fsp3) is 0.350. The molecule has 5 nitrogen and oxygen atoms in total. The van der Waals surface area contributed by atoms with Gasteiger partial charge in [-0.1, -0.05) is 0 Å². The molecule has 0 bridgehead atoms. The molecule has 1 unspecified atom stereocenters. The van der Waals surface area contributed by atoms with E-state index in [0.717, 1.165) is 17.0 Å². The normalized spacial score (nSPS) is 12.4. The van der Waals surface area contributed by atoms with Crippen LogP contribution in [0.2, 0.25) is 0 Å². The van der Waals surface area contributed by atoms with E-state index < -0.39 is 0 Å². The number of aryl methyl sites for hydroxylation is 3. The number of fused-ring (bicyclic) bond motifs is 1. The number of aromatic nitrogens is 3. The highest BCUT2D eigenvalue weighted by atomic mass is 19.1. The molecule has 0 fully saturated rings. The van der Waals surface area contributed by atoms with Gasteiger partial charge in [-0.15, -0.1) is 0 Å². The number of carbonyl (C=O) groups excluding carboxylic acids is 1. The van der Waals surface area contributed by atoms with Crippen LogP contribution in [0.5, 0.6) is 0 Å². The highest BCUT2D eigenvalue weighted by molar-refractivity contribution is 5.98. The summed E-state index contributed by atoms with van der Waals surface area (Å²) in [6.45, 7) is 7.75. The van der Waals surface area contributed by atoms with E-state index in [9.17, 15) is 9.18 Å². The van der Waals surface area contributed by atoms with E-state index in [1.165, 1.54) is 12.1 Å². The number of rotatable bonds is 4. The molecule has 6 heteroatoms. The van der Waals surface area contributed by atoms with Crippen LogP contribution in [0.4, 0.5) is 4.39 Å². The lowest BCUT2D eigenvalue weighted by atomic mass is 10.0. The lowest BCUT2D eigenvalue weighted by Crippen LogP contribution is -2.34. The highest BCUT2D eigenvalue weighted by Crippen LogP contribution is 2.19. The van der Waals surface area contributed by atoms with Crippen LogP contribution in [-0.4, -0.2) is 26.7 Å². The molecule has 136 valence electrons. The van der Waals surface area contributed by atoms with Gasteiger partial charge in [0.05, 0.1) is 22.5 Å². The van der Waals surface area contributed by atoms with Gasteiger partial charge < -0.3 is 5.32 Å². The SMILES string of the molecule is Cc1nc2ccc(F)cc2cc1C(=O)NC(C)Cc1c(C)nn(C)c1C. The van der Waals surface area contributed by atoms with E-state index in [2.05, 4.69) is 15.4 Å². The van der Waals surface area contributed by atoms with Gasteiger partial charge in [0.25, 0.3) is 5.91 Å². The minimum absolute atomic E-state index is 0.0632. The molecule has 0 saturated carbocycles. The minimum atomic E-state index is -0.342. The summed E-state index contributed by atoms with van der Waals surface area (Å²) in [6, 6.07) is 6.02. The van der Waals surface area contributed by atoms with Crippen molar-refractivity contribution in [3.8, 4) is 0 Å². The van der Waals surface area contributed by atoms with Crippen molar-refractivity contribution in [2.45, 2.75) is 40.2 Å². The predicted molar refractivity (Wildman–Crippen MR) is 99.8 cm³/mol. The first-order valence-corrected chi connectivity index (χ1v) is 8.63. The van der Waals surface area contributed by atoms with Gasteiger partial charge in [-0.05, 0) is 63.9 Å². The predicted octanol–water partition coefficient (Wildman–Crippen LogP) is 3.39. The van der Waals surface area contributed by atoms with Gasteiger partial charge in [0.1, 0.15) is 5.82 Å². The van der Waals surface area contributed by atoms with Gasteiger partial charge in [0.2, 0.25) is 0 Å². The average Bonchev–Trinajstić information content (AvgIpc) is 2.80. The quantitative estimate of drug-likeness (QED) is 0.781. The fourth-order valence-electron chi connectivity index (χ4n) is 3.25. The van der Waals surface area contributed by atoms with Crippen LogP contribution in [0, 0.1) is 26.6 Å². The molecular formula is C20H23FN4O. The van der Waals surface area contributed by atoms with Gasteiger partial charge >= 0.3 is 0 Å². The van der Waals surface area contributed by atoms with Crippen LogP contribution in [0.25, 0.3) is 10.9 Å². The summed E-state index contributed by atoms with van der Waals surface area (Å²) >= 11 is 0. The highest BCUT2D eigenvalue weighted by Gasteiger charge is 2.17. The first kappa shape index (κ1) is 18.0. The van der Waals surface area contributed by atoms with Crippen LogP contribution in [-0.2, 0) is 13.5 Å². The Morgan fingerprint density at radius 2 is 1.96 bits per heavy atom. The zero-order valence-corrected chi connectivity index (χ0v) is 15.7. The van der Waals surface area contributed by atoms with Crippen LogP contribution in [0.3, 0.4) is 0 Å². The molecule has 2 heterocycles. The van der Waals surface area contributed by atoms with Crippen LogP contribution in [0.1, 0.15) is 39.9 Å². The van der Waals surface area contributed by atoms with Gasteiger partial charge in [0, 0.05) is 24.2 Å². The van der Waals surface area contributed by atoms with Gasteiger partial charge in [-0.25, -0.2) is 4.39 Å². The molecule has 3 aromatic rings. The standard InChI is InChI=1S/C20H23FN4O/c1-11(8-17-13(3)24-25(5)14(17)4)22-20(26)18-10-15-9-16(21)6-7-19(15)23-12(18)2/h6-7,9-11H,8H2,1-5H3,(H,22,26). The largest absolute Gasteiger partial charge is 0.349 e. The molecule has 0 aliphatic heterocycles. The summed E-state index contributed by atoms with van der Waals surface area (Å²) in [5.74, 6) is -0.543. The van der Waals surface area contributed by atoms with Crippen molar-refractivity contribution in [3.05, 3.63) is 58.3 Å². The molecule has 1 amide bonds. The second-order valence-electron chi connectivity index (χ2n) is 6.81. The van der Waals surface area contributed by atoms with Gasteiger partial charge in [-0.2, -0.15) is 5.10 Å². The minimum Gasteiger partial charge on any atom is -0.349 e. The zero-order chi connectivity index (χ0) is 19.0. The number of nitrogens with zero attached hydrogens (tertiary/aromatic N) is 3. The molecule has 3 rings (SSSR count). The molecule has 26 heavy (non-hydrogen) atoms. The van der Waals surface area contributed by atoms with Crippen LogP contribution in [0.15, 0.2) is 24.3 Å². The second kappa shape index (κ2) is 6.86. The van der Waals surface area contributed by atoms with Crippen molar-refractivity contribution in [2.75, 3.05) is 0 Å². The Labute approximate surface area is 152 Å². The Morgan fingerprint density at radius 3 is 2.62 bits per heavy atom. The van der Waals surface area contributed by atoms with Gasteiger partial charge in [-0.3, -0.25) is 14.5 Å². The summed E-state index contributed by atoms with van der Waals surface area (Å²) in [6.07, 6.45) is 0.700. The van der Waals surface area contributed by atoms with Crippen LogP contribution >= 0.6 is 0 Å². The molecular weight excluding hydrogens is 331 g/mol. The smallest absolute Gasteiger partial charge is 0.253 e. The van der Waals surface area contributed by atoms with E-state index in [4.69, 9.17) is 0 Å². The summed E-state index contributed by atoms with van der Waals surface area (Å²) in [4.78, 5) is 17.1. The Hall–Kier alpha value is -2.76. The summed E-state index contributed by atoms with van der Waals surface area (Å²) in [7, 11) is 1.92. The first-order chi connectivity index (χ1) is 12.3. The molecule has 1 aromatic carbocycles. The maximum absolute atomic E-state index is 13.5. The third-order valence-electron chi connectivity index (χ3n) is 4.76. The third-order valence-corrected chi connectivity index (χ3v) is 4.76. The lowest BCUT2D eigenvalue weighted by molar-refractivity contribution is 0.0939. The maximum Gasteiger partial charge on any atom is 0.253 e. The molecule has 0 spiro atoms. The van der Waals surface area contributed by atoms with Crippen molar-refractivity contribution in [2.24, 2.45) is 7.05 Å². The molecule has 0 aliphatic carbocycles. The summed E-state index contributed by atoms with van der Waals surface area (Å²) < 4.78 is 15.3. The number of amides is 1. The fourth-order valence-corrected chi connectivity index (χ4v) is 3.25. The monoisotopic (exact) mass is 354 g/mol. The van der Waals surface area contributed by atoms with Crippen LogP contribution < -0.4 is 5.32 Å². The number of pyridine rings is 1. The molecule has 1 N–H and O–H groups in total. The van der Waals surface area contributed by atoms with E-state index >= 15 is 0 Å². The molecule has 0 radical (unpaired) electrons. The number of halogens is 1. The number of carbonyl (C=O) groups is 1. The first-order valence-electron chi connectivity index (χ1n) is 8.63. The Balaban J connectivity index is 1.81. The average molecular weight is 354 g/mol. The molecule has 2 aromatic heterocycles. The number of hydrogen-bond donors (Lipinski definition) is 1. The van der Waals surface area contributed by atoms with E-state index in [1.54, 1.807) is 19.1 Å². The summed E-state index contributed by atoms with van der Waals surface area (Å²) in [5.41, 5.74) is 5.00. The third kappa shape index (κ3) is 3.45. The zero-order valence-electron chi connectivity index (χ0n) is 15.7. The van der Waals surface area contributed by atoms with E-state index in [0.29, 0.717) is 28.6 Å². The lowest BCUT2D eigenvalue weighted by Gasteiger charge is -2.15. The summed E-state index contributed by atoms with van der Waals surface area (Å²) in [5, 5.41) is 8.05. The van der Waals surface area contributed by atoms with Crippen molar-refractivity contribution < 1.29 is 9.18 Å². The van der Waals surface area contributed by atoms with Crippen molar-refractivity contribution in [3.63, 3.8) is 0 Å². The number of hydrogen-bond acceptors (Lipinski definition) is 3. The number of benzene rings is 1. The van der Waals surface area contributed by atoms with Gasteiger partial charge in [0.15, 0.2) is 0 Å². The maximum atomic E-state index is 13.5. The second-order valence-corrected chi connectivity index (χ2v) is 6.81. The van der Waals surface area contributed by atoms with E-state index in [1.807, 2.05) is 32.5 Å². The van der Waals surface area contributed by atoms with E-state index in [-0.39, 0.29) is 17.8 Å². The Morgan fingerprint density at radius 1 is 1.23 bits per heavy atom. The number of nitrogens with one attached hydrogen (secondary N) is 1. The Bertz CT molecular complexity index is 993. The van der Waals surface area contributed by atoms with Crippen molar-refractivity contribution >= 4 is 16.8 Å².